The van der Waals surface area contributed by atoms with Crippen LogP contribution in [0.2, 0.25) is 5.02 Å². The first-order valence-electron chi connectivity index (χ1n) is 8.87. The van der Waals surface area contributed by atoms with E-state index in [2.05, 4.69) is 40.7 Å². The topological polar surface area (TPSA) is 54.0 Å². The van der Waals surface area contributed by atoms with E-state index in [1.165, 1.54) is 0 Å². The Hall–Kier alpha value is -3.37. The maximum absolute atomic E-state index is 12.4. The van der Waals surface area contributed by atoms with Crippen LogP contribution in [0.4, 0.5) is 16.2 Å². The molecule has 28 heavy (non-hydrogen) atoms. The first-order valence-corrected chi connectivity index (χ1v) is 9.25. The van der Waals surface area contributed by atoms with Crippen molar-refractivity contribution in [2.75, 3.05) is 10.6 Å². The van der Waals surface area contributed by atoms with Crippen molar-refractivity contribution in [2.45, 2.75) is 6.92 Å². The zero-order chi connectivity index (χ0) is 19.5. The highest BCUT2D eigenvalue weighted by molar-refractivity contribution is 6.33. The molecular formula is C23H18ClN3O. The van der Waals surface area contributed by atoms with E-state index in [4.69, 9.17) is 11.6 Å². The molecule has 0 bridgehead atoms. The summed E-state index contributed by atoms with van der Waals surface area (Å²) < 4.78 is 0. The van der Waals surface area contributed by atoms with E-state index in [1.807, 2.05) is 42.6 Å². The van der Waals surface area contributed by atoms with Gasteiger partial charge in [0, 0.05) is 23.5 Å². The molecule has 0 spiro atoms. The number of urea groups is 1. The molecule has 3 aromatic carbocycles. The molecule has 4 aromatic rings. The average molecular weight is 388 g/mol. The molecule has 0 radical (unpaired) electrons. The number of carbonyl (C=O) groups is 1. The van der Waals surface area contributed by atoms with Crippen molar-refractivity contribution in [3.8, 4) is 11.1 Å². The van der Waals surface area contributed by atoms with Crippen LogP contribution >= 0.6 is 11.6 Å². The molecule has 2 N–H and O–H groups in total. The average Bonchev–Trinajstić information content (AvgIpc) is 2.71. The van der Waals surface area contributed by atoms with Gasteiger partial charge >= 0.3 is 6.03 Å². The molecule has 1 aromatic heterocycles. The van der Waals surface area contributed by atoms with E-state index in [9.17, 15) is 4.79 Å². The first kappa shape index (κ1) is 18.0. The summed E-state index contributed by atoms with van der Waals surface area (Å²) in [6.07, 6.45) is 3.64. The molecular weight excluding hydrogens is 370 g/mol. The summed E-state index contributed by atoms with van der Waals surface area (Å²) in [7, 11) is 0. The summed E-state index contributed by atoms with van der Waals surface area (Å²) in [6, 6.07) is 20.9. The number of carbonyl (C=O) groups excluding carboxylic acids is 1. The van der Waals surface area contributed by atoms with Crippen LogP contribution in [-0.4, -0.2) is 11.0 Å². The van der Waals surface area contributed by atoms with Gasteiger partial charge in [0.15, 0.2) is 0 Å². The molecule has 0 unspecified atom stereocenters. The standard InChI is InChI=1S/C23H18ClN3O/c1-15-6-9-19(26-23(28)27-22-5-3-2-4-21(22)24)13-20(15)17-8-7-16-10-11-25-14-18(16)12-17/h2-14H,1H3,(H2,26,27,28). The number of hydrogen-bond acceptors (Lipinski definition) is 2. The van der Waals surface area contributed by atoms with E-state index >= 15 is 0 Å². The summed E-state index contributed by atoms with van der Waals surface area (Å²) in [5.41, 5.74) is 4.53. The summed E-state index contributed by atoms with van der Waals surface area (Å²) in [5, 5.41) is 8.35. The normalized spacial score (nSPS) is 10.6. The van der Waals surface area contributed by atoms with Crippen LogP contribution in [0.25, 0.3) is 21.9 Å². The molecule has 2 amide bonds. The third-order valence-electron chi connectivity index (χ3n) is 4.57. The van der Waals surface area contributed by atoms with Gasteiger partial charge in [0.1, 0.15) is 0 Å². The minimum absolute atomic E-state index is 0.342. The zero-order valence-corrected chi connectivity index (χ0v) is 16.0. The SMILES string of the molecule is Cc1ccc(NC(=O)Nc2ccccc2Cl)cc1-c1ccc2ccncc2c1. The Balaban J connectivity index is 1.59. The Morgan fingerprint density at radius 3 is 2.64 bits per heavy atom. The van der Waals surface area contributed by atoms with Crippen molar-refractivity contribution in [1.82, 2.24) is 4.98 Å². The maximum atomic E-state index is 12.4. The monoisotopic (exact) mass is 387 g/mol. The molecule has 4 rings (SSSR count). The molecule has 0 aliphatic heterocycles. The number of para-hydroxylation sites is 1. The Bertz CT molecular complexity index is 1170. The van der Waals surface area contributed by atoms with Crippen molar-refractivity contribution in [1.29, 1.82) is 0 Å². The van der Waals surface area contributed by atoms with Crippen LogP contribution in [0, 0.1) is 6.92 Å². The fourth-order valence-corrected chi connectivity index (χ4v) is 3.29. The van der Waals surface area contributed by atoms with Crippen LogP contribution in [0.3, 0.4) is 0 Å². The number of anilines is 2. The lowest BCUT2D eigenvalue weighted by Crippen LogP contribution is -2.19. The van der Waals surface area contributed by atoms with Crippen LogP contribution in [0.5, 0.6) is 0 Å². The number of fused-ring (bicyclic) bond motifs is 1. The molecule has 1 heterocycles. The highest BCUT2D eigenvalue weighted by atomic mass is 35.5. The highest BCUT2D eigenvalue weighted by Gasteiger charge is 2.09. The Kier molecular flexibility index (Phi) is 4.96. The van der Waals surface area contributed by atoms with E-state index in [1.54, 1.807) is 18.3 Å². The molecule has 4 nitrogen and oxygen atoms in total. The summed E-state index contributed by atoms with van der Waals surface area (Å²) in [6.45, 7) is 2.05. The smallest absolute Gasteiger partial charge is 0.308 e. The Morgan fingerprint density at radius 2 is 1.79 bits per heavy atom. The molecule has 0 aliphatic rings. The molecule has 0 atom stereocenters. The van der Waals surface area contributed by atoms with Crippen molar-refractivity contribution < 1.29 is 4.79 Å². The van der Waals surface area contributed by atoms with Gasteiger partial charge in [-0.05, 0) is 65.4 Å². The fourth-order valence-electron chi connectivity index (χ4n) is 3.11. The number of benzene rings is 3. The third-order valence-corrected chi connectivity index (χ3v) is 4.90. The molecule has 0 aliphatic carbocycles. The predicted octanol–water partition coefficient (Wildman–Crippen LogP) is 6.51. The van der Waals surface area contributed by atoms with Crippen LogP contribution in [0.1, 0.15) is 5.56 Å². The first-order chi connectivity index (χ1) is 13.6. The third kappa shape index (κ3) is 3.82. The summed E-state index contributed by atoms with van der Waals surface area (Å²) in [4.78, 5) is 16.6. The van der Waals surface area contributed by atoms with Gasteiger partial charge in [0.25, 0.3) is 0 Å². The van der Waals surface area contributed by atoms with Gasteiger partial charge in [0.05, 0.1) is 10.7 Å². The van der Waals surface area contributed by atoms with Gasteiger partial charge in [0.2, 0.25) is 0 Å². The quantitative estimate of drug-likeness (QED) is 0.421. The largest absolute Gasteiger partial charge is 0.323 e. The lowest BCUT2D eigenvalue weighted by atomic mass is 9.98. The number of nitrogens with one attached hydrogen (secondary N) is 2. The molecule has 5 heteroatoms. The minimum atomic E-state index is -0.342. The summed E-state index contributed by atoms with van der Waals surface area (Å²) in [5.74, 6) is 0. The Labute approximate surface area is 168 Å². The number of halogens is 1. The molecule has 0 fully saturated rings. The zero-order valence-electron chi connectivity index (χ0n) is 15.2. The minimum Gasteiger partial charge on any atom is -0.308 e. The maximum Gasteiger partial charge on any atom is 0.323 e. The summed E-state index contributed by atoms with van der Waals surface area (Å²) >= 11 is 6.10. The lowest BCUT2D eigenvalue weighted by molar-refractivity contribution is 0.262. The fraction of sp³-hybridized carbons (Fsp3) is 0.0435. The van der Waals surface area contributed by atoms with Gasteiger partial charge in [-0.15, -0.1) is 0 Å². The number of rotatable bonds is 3. The second kappa shape index (κ2) is 7.71. The van der Waals surface area contributed by atoms with Gasteiger partial charge < -0.3 is 10.6 Å². The second-order valence-electron chi connectivity index (χ2n) is 6.53. The molecule has 138 valence electrons. The Morgan fingerprint density at radius 1 is 0.929 bits per heavy atom. The van der Waals surface area contributed by atoms with Crippen molar-refractivity contribution >= 4 is 39.8 Å². The van der Waals surface area contributed by atoms with Crippen LogP contribution in [0.15, 0.2) is 79.1 Å². The van der Waals surface area contributed by atoms with Gasteiger partial charge in [-0.2, -0.15) is 0 Å². The van der Waals surface area contributed by atoms with E-state index in [0.29, 0.717) is 16.4 Å². The number of hydrogen-bond donors (Lipinski definition) is 2. The van der Waals surface area contributed by atoms with Crippen LogP contribution < -0.4 is 10.6 Å². The number of pyridine rings is 1. The molecule has 0 saturated carbocycles. The number of aryl methyl sites for hydroxylation is 1. The number of amides is 2. The van der Waals surface area contributed by atoms with Crippen molar-refractivity contribution in [3.63, 3.8) is 0 Å². The molecule has 0 saturated heterocycles. The van der Waals surface area contributed by atoms with E-state index in [-0.39, 0.29) is 6.03 Å². The van der Waals surface area contributed by atoms with Crippen LogP contribution in [-0.2, 0) is 0 Å². The second-order valence-corrected chi connectivity index (χ2v) is 6.93. The van der Waals surface area contributed by atoms with Gasteiger partial charge in [-0.3, -0.25) is 4.98 Å². The number of aromatic nitrogens is 1. The number of nitrogens with zero attached hydrogens (tertiary/aromatic N) is 1. The predicted molar refractivity (Wildman–Crippen MR) is 116 cm³/mol. The van der Waals surface area contributed by atoms with Crippen molar-refractivity contribution in [2.24, 2.45) is 0 Å². The van der Waals surface area contributed by atoms with Gasteiger partial charge in [-0.25, -0.2) is 4.79 Å². The van der Waals surface area contributed by atoms with E-state index < -0.39 is 0 Å². The van der Waals surface area contributed by atoms with Crippen molar-refractivity contribution in [3.05, 3.63) is 89.7 Å². The van der Waals surface area contributed by atoms with E-state index in [0.717, 1.165) is 27.5 Å². The highest BCUT2D eigenvalue weighted by Crippen LogP contribution is 2.29. The lowest BCUT2D eigenvalue weighted by Gasteiger charge is -2.12. The van der Waals surface area contributed by atoms with Gasteiger partial charge in [-0.1, -0.05) is 41.9 Å².